The van der Waals surface area contributed by atoms with Crippen LogP contribution < -0.4 is 0 Å². The number of aryl methyl sites for hydroxylation is 1. The zero-order chi connectivity index (χ0) is 13.8. The SMILES string of the molecule is CCC(C#N)Cc1nc(-c2cc(Br)ccc2C)cs1. The van der Waals surface area contributed by atoms with E-state index in [0.717, 1.165) is 33.6 Å². The van der Waals surface area contributed by atoms with Crippen molar-refractivity contribution in [1.82, 2.24) is 4.98 Å². The summed E-state index contributed by atoms with van der Waals surface area (Å²) in [5.74, 6) is 0.0719. The first kappa shape index (κ1) is 14.2. The minimum atomic E-state index is 0.0719. The highest BCUT2D eigenvalue weighted by molar-refractivity contribution is 9.10. The summed E-state index contributed by atoms with van der Waals surface area (Å²) in [6, 6.07) is 8.54. The molecule has 1 aromatic heterocycles. The van der Waals surface area contributed by atoms with Gasteiger partial charge in [0.25, 0.3) is 0 Å². The van der Waals surface area contributed by atoms with Crippen molar-refractivity contribution in [2.45, 2.75) is 26.7 Å². The van der Waals surface area contributed by atoms with E-state index in [-0.39, 0.29) is 5.92 Å². The zero-order valence-corrected chi connectivity index (χ0v) is 13.4. The van der Waals surface area contributed by atoms with Crippen molar-refractivity contribution in [3.05, 3.63) is 38.6 Å². The molecule has 1 atom stereocenters. The van der Waals surface area contributed by atoms with Gasteiger partial charge in [-0.3, -0.25) is 0 Å². The van der Waals surface area contributed by atoms with Crippen molar-refractivity contribution in [2.24, 2.45) is 5.92 Å². The molecule has 0 fully saturated rings. The molecule has 2 rings (SSSR count). The van der Waals surface area contributed by atoms with E-state index < -0.39 is 0 Å². The van der Waals surface area contributed by atoms with Crippen molar-refractivity contribution in [3.63, 3.8) is 0 Å². The summed E-state index contributed by atoms with van der Waals surface area (Å²) in [6.45, 7) is 4.13. The Kier molecular flexibility index (Phi) is 4.73. The third kappa shape index (κ3) is 3.43. The average Bonchev–Trinajstić information content (AvgIpc) is 2.87. The third-order valence-electron chi connectivity index (χ3n) is 3.12. The molecule has 2 aromatic rings. The van der Waals surface area contributed by atoms with E-state index in [9.17, 15) is 0 Å². The lowest BCUT2D eigenvalue weighted by molar-refractivity contribution is 0.636. The third-order valence-corrected chi connectivity index (χ3v) is 4.49. The maximum Gasteiger partial charge on any atom is 0.0945 e. The Balaban J connectivity index is 2.26. The molecule has 0 bridgehead atoms. The molecule has 98 valence electrons. The molecule has 0 spiro atoms. The highest BCUT2D eigenvalue weighted by atomic mass is 79.9. The normalized spacial score (nSPS) is 12.1. The molecule has 0 saturated heterocycles. The molecule has 0 amide bonds. The fraction of sp³-hybridized carbons (Fsp3) is 0.333. The molecule has 0 radical (unpaired) electrons. The number of nitriles is 1. The van der Waals surface area contributed by atoms with Crippen LogP contribution in [-0.4, -0.2) is 4.98 Å². The lowest BCUT2D eigenvalue weighted by atomic mass is 10.0. The number of hydrogen-bond acceptors (Lipinski definition) is 3. The number of benzene rings is 1. The summed E-state index contributed by atoms with van der Waals surface area (Å²) in [6.07, 6.45) is 1.63. The molecule has 1 heterocycles. The van der Waals surface area contributed by atoms with Crippen LogP contribution in [0.2, 0.25) is 0 Å². The zero-order valence-electron chi connectivity index (χ0n) is 11.0. The van der Waals surface area contributed by atoms with Crippen LogP contribution in [0.4, 0.5) is 0 Å². The molecule has 2 nitrogen and oxygen atoms in total. The summed E-state index contributed by atoms with van der Waals surface area (Å²) < 4.78 is 1.06. The molecule has 1 unspecified atom stereocenters. The van der Waals surface area contributed by atoms with E-state index in [2.05, 4.69) is 51.4 Å². The second-order valence-corrected chi connectivity index (χ2v) is 6.38. The van der Waals surface area contributed by atoms with Gasteiger partial charge in [0, 0.05) is 21.8 Å². The van der Waals surface area contributed by atoms with E-state index in [1.807, 2.05) is 13.0 Å². The van der Waals surface area contributed by atoms with E-state index in [0.29, 0.717) is 0 Å². The second kappa shape index (κ2) is 6.31. The topological polar surface area (TPSA) is 36.7 Å². The minimum absolute atomic E-state index is 0.0719. The first-order valence-corrected chi connectivity index (χ1v) is 7.91. The molecule has 0 aliphatic carbocycles. The van der Waals surface area contributed by atoms with Crippen LogP contribution in [-0.2, 0) is 6.42 Å². The maximum absolute atomic E-state index is 9.01. The first-order valence-electron chi connectivity index (χ1n) is 6.24. The minimum Gasteiger partial charge on any atom is -0.241 e. The predicted molar refractivity (Wildman–Crippen MR) is 83.1 cm³/mol. The fourth-order valence-corrected chi connectivity index (χ4v) is 3.13. The summed E-state index contributed by atoms with van der Waals surface area (Å²) in [7, 11) is 0. The fourth-order valence-electron chi connectivity index (χ4n) is 1.89. The molecule has 0 saturated carbocycles. The Morgan fingerprint density at radius 3 is 2.95 bits per heavy atom. The number of halogens is 1. The lowest BCUT2D eigenvalue weighted by Crippen LogP contribution is -1.99. The Morgan fingerprint density at radius 2 is 2.26 bits per heavy atom. The molecular formula is C15H15BrN2S. The van der Waals surface area contributed by atoms with Crippen molar-refractivity contribution >= 4 is 27.3 Å². The standard InChI is InChI=1S/C15H15BrN2S/c1-3-11(8-17)6-15-18-14(9-19-15)13-7-12(16)5-4-10(13)2/h4-5,7,9,11H,3,6H2,1-2H3. The van der Waals surface area contributed by atoms with Crippen molar-refractivity contribution in [2.75, 3.05) is 0 Å². The quantitative estimate of drug-likeness (QED) is 0.791. The van der Waals surface area contributed by atoms with E-state index in [1.165, 1.54) is 5.56 Å². The summed E-state index contributed by atoms with van der Waals surface area (Å²) in [4.78, 5) is 4.66. The summed E-state index contributed by atoms with van der Waals surface area (Å²) in [5.41, 5.74) is 3.38. The van der Waals surface area contributed by atoms with Crippen LogP contribution in [0, 0.1) is 24.2 Å². The largest absolute Gasteiger partial charge is 0.241 e. The van der Waals surface area contributed by atoms with Crippen LogP contribution in [0.3, 0.4) is 0 Å². The molecule has 0 aliphatic heterocycles. The molecule has 4 heteroatoms. The number of rotatable bonds is 4. The molecular weight excluding hydrogens is 320 g/mol. The van der Waals surface area contributed by atoms with Gasteiger partial charge in [0.15, 0.2) is 0 Å². The van der Waals surface area contributed by atoms with Crippen LogP contribution in [0.1, 0.15) is 23.9 Å². The van der Waals surface area contributed by atoms with Crippen molar-refractivity contribution in [3.8, 4) is 17.3 Å². The van der Waals surface area contributed by atoms with Crippen LogP contribution in [0.5, 0.6) is 0 Å². The molecule has 19 heavy (non-hydrogen) atoms. The van der Waals surface area contributed by atoms with Crippen molar-refractivity contribution in [1.29, 1.82) is 5.26 Å². The Morgan fingerprint density at radius 1 is 1.47 bits per heavy atom. The van der Waals surface area contributed by atoms with E-state index in [1.54, 1.807) is 11.3 Å². The summed E-state index contributed by atoms with van der Waals surface area (Å²) >= 11 is 5.14. The first-order chi connectivity index (χ1) is 9.13. The second-order valence-electron chi connectivity index (χ2n) is 4.52. The Labute approximate surface area is 126 Å². The van der Waals surface area contributed by atoms with E-state index in [4.69, 9.17) is 5.26 Å². The molecule has 0 N–H and O–H groups in total. The number of hydrogen-bond donors (Lipinski definition) is 0. The van der Waals surface area contributed by atoms with Crippen LogP contribution in [0.25, 0.3) is 11.3 Å². The monoisotopic (exact) mass is 334 g/mol. The predicted octanol–water partition coefficient (Wildman–Crippen LogP) is 4.97. The van der Waals surface area contributed by atoms with Crippen LogP contribution in [0.15, 0.2) is 28.1 Å². The van der Waals surface area contributed by atoms with Gasteiger partial charge in [-0.2, -0.15) is 5.26 Å². The summed E-state index contributed by atoms with van der Waals surface area (Å²) in [5, 5.41) is 12.1. The smallest absolute Gasteiger partial charge is 0.0945 e. The van der Waals surface area contributed by atoms with Gasteiger partial charge in [-0.05, 0) is 31.0 Å². The number of thiazole rings is 1. The van der Waals surface area contributed by atoms with Gasteiger partial charge in [0.05, 0.1) is 22.7 Å². The van der Waals surface area contributed by atoms with Gasteiger partial charge in [0.1, 0.15) is 0 Å². The van der Waals surface area contributed by atoms with Crippen molar-refractivity contribution < 1.29 is 0 Å². The van der Waals surface area contributed by atoms with Gasteiger partial charge >= 0.3 is 0 Å². The van der Waals surface area contributed by atoms with Crippen LogP contribution >= 0.6 is 27.3 Å². The van der Waals surface area contributed by atoms with Gasteiger partial charge in [-0.25, -0.2) is 4.98 Å². The highest BCUT2D eigenvalue weighted by Gasteiger charge is 2.11. The average molecular weight is 335 g/mol. The van der Waals surface area contributed by atoms with Gasteiger partial charge < -0.3 is 0 Å². The maximum atomic E-state index is 9.01. The Hall–Kier alpha value is -1.18. The molecule has 0 aliphatic rings. The molecule has 1 aromatic carbocycles. The van der Waals surface area contributed by atoms with Gasteiger partial charge in [0.2, 0.25) is 0 Å². The van der Waals surface area contributed by atoms with Gasteiger partial charge in [-0.15, -0.1) is 11.3 Å². The Bertz CT molecular complexity index is 613. The number of nitrogens with zero attached hydrogens (tertiary/aromatic N) is 2. The number of aromatic nitrogens is 1. The lowest BCUT2D eigenvalue weighted by Gasteiger charge is -2.04. The van der Waals surface area contributed by atoms with E-state index >= 15 is 0 Å². The van der Waals surface area contributed by atoms with Gasteiger partial charge in [-0.1, -0.05) is 28.9 Å². The highest BCUT2D eigenvalue weighted by Crippen LogP contribution is 2.28.